The van der Waals surface area contributed by atoms with E-state index < -0.39 is 17.8 Å². The fourth-order valence-corrected chi connectivity index (χ4v) is 4.08. The first kappa shape index (κ1) is 19.5. The summed E-state index contributed by atoms with van der Waals surface area (Å²) in [4.78, 5) is 14.3. The number of carbonyl (C=O) groups is 1. The Morgan fingerprint density at radius 2 is 1.89 bits per heavy atom. The number of benzene rings is 1. The van der Waals surface area contributed by atoms with Crippen LogP contribution in [0.4, 0.5) is 18.0 Å². The minimum atomic E-state index is -4.45. The van der Waals surface area contributed by atoms with Crippen LogP contribution in [0.3, 0.4) is 0 Å². The number of morpholine rings is 1. The van der Waals surface area contributed by atoms with Crippen molar-refractivity contribution in [2.24, 2.45) is 5.92 Å². The Balaban J connectivity index is 1.39. The molecule has 1 saturated carbocycles. The van der Waals surface area contributed by atoms with Crippen LogP contribution in [0.25, 0.3) is 0 Å². The zero-order valence-electron chi connectivity index (χ0n) is 15.6. The van der Waals surface area contributed by atoms with Crippen LogP contribution in [-0.2, 0) is 15.7 Å². The van der Waals surface area contributed by atoms with E-state index in [9.17, 15) is 18.0 Å². The molecule has 3 aliphatic rings. The van der Waals surface area contributed by atoms with Crippen LogP contribution < -0.4 is 5.32 Å². The van der Waals surface area contributed by atoms with Crippen LogP contribution in [-0.4, -0.2) is 49.4 Å². The average molecular weight is 398 g/mol. The highest BCUT2D eigenvalue weighted by Crippen LogP contribution is 2.38. The molecule has 0 radical (unpaired) electrons. The summed E-state index contributed by atoms with van der Waals surface area (Å²) in [5.41, 5.74) is -0.633. The summed E-state index contributed by atoms with van der Waals surface area (Å²) in [6, 6.07) is 5.22. The van der Waals surface area contributed by atoms with Crippen molar-refractivity contribution >= 4 is 6.03 Å². The molecule has 1 aromatic rings. The van der Waals surface area contributed by atoms with Crippen molar-refractivity contribution in [2.75, 3.05) is 26.3 Å². The van der Waals surface area contributed by atoms with Gasteiger partial charge in [-0.3, -0.25) is 0 Å². The quantitative estimate of drug-likeness (QED) is 0.844. The molecule has 0 unspecified atom stereocenters. The van der Waals surface area contributed by atoms with Gasteiger partial charge in [0, 0.05) is 19.2 Å². The summed E-state index contributed by atoms with van der Waals surface area (Å²) in [7, 11) is 0. The third-order valence-electron chi connectivity index (χ3n) is 5.76. The van der Waals surface area contributed by atoms with Gasteiger partial charge in [-0.2, -0.15) is 13.2 Å². The number of urea groups is 1. The minimum absolute atomic E-state index is 0.0515. The van der Waals surface area contributed by atoms with E-state index in [1.807, 2.05) is 0 Å². The summed E-state index contributed by atoms with van der Waals surface area (Å²) in [5, 5.41) is 3.05. The monoisotopic (exact) mass is 398 g/mol. The number of nitrogens with zero attached hydrogens (tertiary/aromatic N) is 1. The first-order valence-electron chi connectivity index (χ1n) is 9.86. The minimum Gasteiger partial charge on any atom is -0.378 e. The van der Waals surface area contributed by atoms with Crippen molar-refractivity contribution < 1.29 is 27.4 Å². The highest BCUT2D eigenvalue weighted by molar-refractivity contribution is 5.74. The molecule has 28 heavy (non-hydrogen) atoms. The number of amides is 2. The third-order valence-corrected chi connectivity index (χ3v) is 5.76. The summed E-state index contributed by atoms with van der Waals surface area (Å²) >= 11 is 0. The molecule has 0 aromatic heterocycles. The molecule has 154 valence electrons. The Morgan fingerprint density at radius 1 is 1.11 bits per heavy atom. The molecular weight excluding hydrogens is 373 g/mol. The van der Waals surface area contributed by atoms with E-state index in [0.717, 1.165) is 18.9 Å². The van der Waals surface area contributed by atoms with E-state index in [4.69, 9.17) is 9.47 Å². The number of hydrogen-bond donors (Lipinski definition) is 1. The Labute approximate surface area is 162 Å². The maximum atomic E-state index is 13.3. The van der Waals surface area contributed by atoms with Crippen molar-refractivity contribution in [2.45, 2.75) is 50.1 Å². The van der Waals surface area contributed by atoms with E-state index in [0.29, 0.717) is 19.1 Å². The summed E-state index contributed by atoms with van der Waals surface area (Å²) in [6.07, 6.45) is -1.07. The van der Waals surface area contributed by atoms with Gasteiger partial charge in [-0.1, -0.05) is 18.2 Å². The SMILES string of the molecule is O=C(N[C@@H]1CCO[C@@H](C2CC2)C1)N1CCO[C@H](c2ccccc2C(F)(F)F)C1. The van der Waals surface area contributed by atoms with Crippen LogP contribution in [0.1, 0.15) is 42.9 Å². The molecule has 1 aliphatic carbocycles. The topological polar surface area (TPSA) is 50.8 Å². The van der Waals surface area contributed by atoms with Gasteiger partial charge in [-0.15, -0.1) is 0 Å². The molecule has 0 bridgehead atoms. The maximum absolute atomic E-state index is 13.3. The molecule has 1 aromatic carbocycles. The Hall–Kier alpha value is -1.80. The summed E-state index contributed by atoms with van der Waals surface area (Å²) < 4.78 is 51.3. The first-order valence-corrected chi connectivity index (χ1v) is 9.86. The van der Waals surface area contributed by atoms with E-state index in [1.165, 1.54) is 25.0 Å². The number of nitrogens with one attached hydrogen (secondary N) is 1. The summed E-state index contributed by atoms with van der Waals surface area (Å²) in [5.74, 6) is 0.617. The Bertz CT molecular complexity index is 708. The second-order valence-corrected chi connectivity index (χ2v) is 7.81. The highest BCUT2D eigenvalue weighted by atomic mass is 19.4. The highest BCUT2D eigenvalue weighted by Gasteiger charge is 2.38. The zero-order chi connectivity index (χ0) is 19.7. The molecular formula is C20H25F3N2O3. The molecule has 1 N–H and O–H groups in total. The van der Waals surface area contributed by atoms with Crippen molar-refractivity contribution in [1.29, 1.82) is 0 Å². The number of hydrogen-bond acceptors (Lipinski definition) is 3. The lowest BCUT2D eigenvalue weighted by atomic mass is 10.00. The molecule has 2 saturated heterocycles. The van der Waals surface area contributed by atoms with Gasteiger partial charge in [-0.05, 0) is 43.2 Å². The van der Waals surface area contributed by atoms with E-state index >= 15 is 0 Å². The van der Waals surface area contributed by atoms with Crippen molar-refractivity contribution in [1.82, 2.24) is 10.2 Å². The lowest BCUT2D eigenvalue weighted by Crippen LogP contribution is -2.52. The summed E-state index contributed by atoms with van der Waals surface area (Å²) in [6.45, 7) is 1.32. The van der Waals surface area contributed by atoms with Crippen LogP contribution in [0.5, 0.6) is 0 Å². The molecule has 5 nitrogen and oxygen atoms in total. The third kappa shape index (κ3) is 4.43. The lowest BCUT2D eigenvalue weighted by molar-refractivity contribution is -0.140. The fourth-order valence-electron chi connectivity index (χ4n) is 4.08. The molecule has 3 atom stereocenters. The molecule has 8 heteroatoms. The molecule has 4 rings (SSSR count). The van der Waals surface area contributed by atoms with Crippen LogP contribution >= 0.6 is 0 Å². The van der Waals surface area contributed by atoms with Crippen molar-refractivity contribution in [3.8, 4) is 0 Å². The van der Waals surface area contributed by atoms with E-state index in [1.54, 1.807) is 11.0 Å². The molecule has 2 aliphatic heterocycles. The van der Waals surface area contributed by atoms with Crippen LogP contribution in [0.15, 0.2) is 24.3 Å². The number of carbonyl (C=O) groups excluding carboxylic acids is 1. The maximum Gasteiger partial charge on any atom is 0.416 e. The largest absolute Gasteiger partial charge is 0.416 e. The predicted octanol–water partition coefficient (Wildman–Crippen LogP) is 3.75. The zero-order valence-corrected chi connectivity index (χ0v) is 15.6. The first-order chi connectivity index (χ1) is 13.4. The van der Waals surface area contributed by atoms with Crippen molar-refractivity contribution in [3.63, 3.8) is 0 Å². The van der Waals surface area contributed by atoms with Crippen molar-refractivity contribution in [3.05, 3.63) is 35.4 Å². The standard InChI is InChI=1S/C20H25F3N2O3/c21-20(22,23)16-4-2-1-3-15(16)18-12-25(8-10-28-18)19(26)24-14-7-9-27-17(11-14)13-5-6-13/h1-4,13-14,17-18H,5-12H2,(H,24,26)/t14-,17-,18+/m1/s1. The van der Waals surface area contributed by atoms with Gasteiger partial charge in [0.1, 0.15) is 6.10 Å². The number of alkyl halides is 3. The van der Waals surface area contributed by atoms with Gasteiger partial charge in [-0.25, -0.2) is 4.79 Å². The lowest BCUT2D eigenvalue weighted by Gasteiger charge is -2.36. The van der Waals surface area contributed by atoms with Gasteiger partial charge in [0.15, 0.2) is 0 Å². The molecule has 2 heterocycles. The molecule has 0 spiro atoms. The van der Waals surface area contributed by atoms with Gasteiger partial charge < -0.3 is 19.7 Å². The molecule has 3 fully saturated rings. The second kappa shape index (κ2) is 7.91. The number of rotatable bonds is 3. The fraction of sp³-hybridized carbons (Fsp3) is 0.650. The van der Waals surface area contributed by atoms with Crippen LogP contribution in [0.2, 0.25) is 0 Å². The van der Waals surface area contributed by atoms with Gasteiger partial charge in [0.2, 0.25) is 0 Å². The predicted molar refractivity (Wildman–Crippen MR) is 95.7 cm³/mol. The Morgan fingerprint density at radius 3 is 2.64 bits per heavy atom. The smallest absolute Gasteiger partial charge is 0.378 e. The van der Waals surface area contributed by atoms with Gasteiger partial charge in [0.05, 0.1) is 24.8 Å². The second-order valence-electron chi connectivity index (χ2n) is 7.81. The Kier molecular flexibility index (Phi) is 5.51. The van der Waals surface area contributed by atoms with Crippen LogP contribution in [0, 0.1) is 5.92 Å². The van der Waals surface area contributed by atoms with Gasteiger partial charge in [0.25, 0.3) is 0 Å². The van der Waals surface area contributed by atoms with E-state index in [2.05, 4.69) is 5.32 Å². The number of ether oxygens (including phenoxy) is 2. The molecule has 2 amide bonds. The normalized spacial score (nSPS) is 28.8. The number of halogens is 3. The average Bonchev–Trinajstić information content (AvgIpc) is 3.53. The van der Waals surface area contributed by atoms with E-state index in [-0.39, 0.29) is 36.9 Å². The van der Waals surface area contributed by atoms with Gasteiger partial charge >= 0.3 is 12.2 Å².